The molecule has 5 unspecified atom stereocenters. The number of hydrogen-bond donors (Lipinski definition) is 2. The van der Waals surface area contributed by atoms with Gasteiger partial charge in [-0.2, -0.15) is 0 Å². The highest BCUT2D eigenvalue weighted by atomic mass is 16.5. The third-order valence-electron chi connectivity index (χ3n) is 15.2. The van der Waals surface area contributed by atoms with E-state index in [2.05, 4.69) is 53.4 Å². The summed E-state index contributed by atoms with van der Waals surface area (Å²) in [5, 5.41) is 13.9. The van der Waals surface area contributed by atoms with E-state index in [9.17, 15) is 14.7 Å². The number of ether oxygens (including phenoxy) is 1. The molecule has 2 N–H and O–H groups in total. The Kier molecular flexibility index (Phi) is 7.75. The molecule has 5 nitrogen and oxygen atoms in total. The number of aliphatic hydroxyl groups is 1. The molecule has 10 atom stereocenters. The molecule has 0 saturated heterocycles. The van der Waals surface area contributed by atoms with E-state index >= 15 is 0 Å². The number of para-hydroxylation sites is 1. The summed E-state index contributed by atoms with van der Waals surface area (Å²) in [5.41, 5.74) is 2.88. The Morgan fingerprint density at radius 1 is 0.886 bits per heavy atom. The first-order valence-corrected chi connectivity index (χ1v) is 17.5. The summed E-state index contributed by atoms with van der Waals surface area (Å²) in [6.07, 6.45) is 11.3. The van der Waals surface area contributed by atoms with Gasteiger partial charge < -0.3 is 15.2 Å². The third-order valence-corrected chi connectivity index (χ3v) is 15.2. The Morgan fingerprint density at radius 3 is 2.32 bits per heavy atom. The minimum absolute atomic E-state index is 0.0341. The van der Waals surface area contributed by atoms with Gasteiger partial charge in [-0.05, 0) is 135 Å². The van der Waals surface area contributed by atoms with Crippen LogP contribution < -0.4 is 5.32 Å². The summed E-state index contributed by atoms with van der Waals surface area (Å²) in [6.45, 7) is 21.2. The van der Waals surface area contributed by atoms with Crippen LogP contribution in [-0.2, 0) is 9.53 Å². The molecular formula is C39H57NO4. The largest absolute Gasteiger partial charge is 0.461 e. The van der Waals surface area contributed by atoms with E-state index in [0.29, 0.717) is 47.4 Å². The Morgan fingerprint density at radius 2 is 1.61 bits per heavy atom. The summed E-state index contributed by atoms with van der Waals surface area (Å²) in [5.74, 6) is 2.19. The van der Waals surface area contributed by atoms with Gasteiger partial charge >= 0.3 is 5.97 Å². The molecule has 5 aliphatic carbocycles. The quantitative estimate of drug-likeness (QED) is 0.260. The van der Waals surface area contributed by atoms with Crippen molar-refractivity contribution in [3.63, 3.8) is 0 Å². The maximum absolute atomic E-state index is 13.5. The number of rotatable bonds is 5. The molecule has 5 aliphatic rings. The van der Waals surface area contributed by atoms with Crippen molar-refractivity contribution in [2.45, 2.75) is 119 Å². The number of hydrogen-bond acceptors (Lipinski definition) is 4. The predicted octanol–water partition coefficient (Wildman–Crippen LogP) is 8.82. The molecule has 1 amide bonds. The first kappa shape index (κ1) is 31.8. The lowest BCUT2D eigenvalue weighted by Gasteiger charge is -2.73. The van der Waals surface area contributed by atoms with Gasteiger partial charge in [0.15, 0.2) is 0 Å². The maximum Gasteiger partial charge on any atom is 0.340 e. The van der Waals surface area contributed by atoms with E-state index < -0.39 is 0 Å². The van der Waals surface area contributed by atoms with Crippen LogP contribution in [0.4, 0.5) is 5.69 Å². The fourth-order valence-electron chi connectivity index (χ4n) is 12.8. The van der Waals surface area contributed by atoms with Crippen LogP contribution in [-0.4, -0.2) is 29.7 Å². The van der Waals surface area contributed by atoms with Crippen LogP contribution in [0.1, 0.15) is 123 Å². The van der Waals surface area contributed by atoms with Crippen LogP contribution in [0.2, 0.25) is 0 Å². The molecule has 0 aromatic heterocycles. The lowest BCUT2D eigenvalue weighted by atomic mass is 9.32. The van der Waals surface area contributed by atoms with Crippen molar-refractivity contribution in [3.05, 3.63) is 42.0 Å². The van der Waals surface area contributed by atoms with E-state index in [0.717, 1.165) is 32.1 Å². The van der Waals surface area contributed by atoms with Gasteiger partial charge in [-0.25, -0.2) is 4.79 Å². The predicted molar refractivity (Wildman–Crippen MR) is 176 cm³/mol. The zero-order chi connectivity index (χ0) is 31.9. The van der Waals surface area contributed by atoms with Crippen LogP contribution in [0.25, 0.3) is 0 Å². The Labute approximate surface area is 266 Å². The summed E-state index contributed by atoms with van der Waals surface area (Å²) in [7, 11) is 0. The normalized spacial score (nSPS) is 43.9. The molecule has 1 aromatic carbocycles. The highest BCUT2D eigenvalue weighted by Crippen LogP contribution is 2.77. The summed E-state index contributed by atoms with van der Waals surface area (Å²) in [4.78, 5) is 25.3. The van der Waals surface area contributed by atoms with Crippen molar-refractivity contribution >= 4 is 17.6 Å². The number of carbonyl (C=O) groups excluding carboxylic acids is 2. The Hall–Kier alpha value is -2.14. The number of aliphatic hydroxyl groups excluding tert-OH is 1. The van der Waals surface area contributed by atoms with E-state index in [1.807, 2.05) is 12.1 Å². The van der Waals surface area contributed by atoms with Crippen molar-refractivity contribution in [3.8, 4) is 0 Å². The Bertz CT molecular complexity index is 1330. The molecule has 0 heterocycles. The van der Waals surface area contributed by atoms with Crippen LogP contribution in [0, 0.1) is 56.7 Å². The number of amides is 1. The van der Waals surface area contributed by atoms with Gasteiger partial charge in [-0.3, -0.25) is 4.79 Å². The molecule has 242 valence electrons. The molecule has 0 radical (unpaired) electrons. The first-order chi connectivity index (χ1) is 20.6. The summed E-state index contributed by atoms with van der Waals surface area (Å²) >= 11 is 0. The van der Waals surface area contributed by atoms with Gasteiger partial charge in [-0.1, -0.05) is 58.9 Å². The fourth-order valence-corrected chi connectivity index (χ4v) is 12.8. The molecule has 1 aromatic rings. The van der Waals surface area contributed by atoms with Crippen molar-refractivity contribution in [1.29, 1.82) is 0 Å². The number of esters is 1. The standard InChI is InChI=1S/C39H57NO4/c1-24(2)26-15-20-39(23-44-34(43)27-11-9-10-12-29(27)40-25(3)41)22-21-37(7)28(33(26)39)13-14-31-36(6)18-17-32(42)35(4,5)30(36)16-19-38(31,37)8/h9-12,26,28,30-33,42H,1,13-23H2,2-8H3,(H,40,41)/t26?,28?,30?,31?,32-,33?,36-,37+,38+,39+/m0/s1. The molecular weight excluding hydrogens is 546 g/mol. The van der Waals surface area contributed by atoms with Crippen molar-refractivity contribution in [1.82, 2.24) is 0 Å². The average molecular weight is 604 g/mol. The van der Waals surface area contributed by atoms with Gasteiger partial charge in [0.25, 0.3) is 0 Å². The van der Waals surface area contributed by atoms with Gasteiger partial charge in [0.1, 0.15) is 0 Å². The van der Waals surface area contributed by atoms with Crippen molar-refractivity contribution in [2.75, 3.05) is 11.9 Å². The third kappa shape index (κ3) is 4.48. The molecule has 5 saturated carbocycles. The highest BCUT2D eigenvalue weighted by molar-refractivity contribution is 6.00. The van der Waals surface area contributed by atoms with Gasteiger partial charge in [0, 0.05) is 12.3 Å². The summed E-state index contributed by atoms with van der Waals surface area (Å²) in [6, 6.07) is 7.16. The van der Waals surface area contributed by atoms with E-state index in [1.165, 1.54) is 44.6 Å². The second-order valence-corrected chi connectivity index (χ2v) is 17.2. The van der Waals surface area contributed by atoms with Gasteiger partial charge in [0.05, 0.1) is 24.0 Å². The van der Waals surface area contributed by atoms with Crippen LogP contribution in [0.15, 0.2) is 36.4 Å². The van der Waals surface area contributed by atoms with E-state index in [1.54, 1.807) is 12.1 Å². The molecule has 0 bridgehead atoms. The van der Waals surface area contributed by atoms with Crippen molar-refractivity contribution < 1.29 is 19.4 Å². The molecule has 6 rings (SSSR count). The second-order valence-electron chi connectivity index (χ2n) is 17.2. The van der Waals surface area contributed by atoms with Gasteiger partial charge in [-0.15, -0.1) is 0 Å². The molecule has 44 heavy (non-hydrogen) atoms. The number of carbonyl (C=O) groups is 2. The first-order valence-electron chi connectivity index (χ1n) is 17.5. The Balaban J connectivity index is 1.30. The molecule has 5 fully saturated rings. The van der Waals surface area contributed by atoms with Crippen LogP contribution in [0.3, 0.4) is 0 Å². The number of fused-ring (bicyclic) bond motifs is 7. The SMILES string of the molecule is C=C(C)C1CC[C@]2(COC(=O)c3ccccc3NC(C)=O)CC[C@]3(C)C(CCC4[C@@]5(C)CC[C@H](O)C(C)(C)C5CC[C@]43C)C12. The van der Waals surface area contributed by atoms with Gasteiger partial charge in [0.2, 0.25) is 5.91 Å². The fraction of sp³-hybridized carbons (Fsp3) is 0.744. The molecule has 0 spiro atoms. The van der Waals surface area contributed by atoms with Crippen LogP contribution in [0.5, 0.6) is 0 Å². The number of allylic oxidation sites excluding steroid dienone is 1. The molecule has 5 heteroatoms. The second kappa shape index (κ2) is 10.7. The zero-order valence-corrected chi connectivity index (χ0v) is 28.4. The monoisotopic (exact) mass is 603 g/mol. The summed E-state index contributed by atoms with van der Waals surface area (Å²) < 4.78 is 6.24. The van der Waals surface area contributed by atoms with E-state index in [-0.39, 0.29) is 45.1 Å². The number of anilines is 1. The van der Waals surface area contributed by atoms with Crippen molar-refractivity contribution in [2.24, 2.45) is 56.7 Å². The number of nitrogens with one attached hydrogen (secondary N) is 1. The lowest BCUT2D eigenvalue weighted by molar-refractivity contribution is -0.249. The minimum Gasteiger partial charge on any atom is -0.461 e. The molecule has 0 aliphatic heterocycles. The smallest absolute Gasteiger partial charge is 0.340 e. The maximum atomic E-state index is 13.5. The highest BCUT2D eigenvalue weighted by Gasteiger charge is 2.71. The number of benzene rings is 1. The average Bonchev–Trinajstić information content (AvgIpc) is 3.35. The lowest BCUT2D eigenvalue weighted by Crippen LogP contribution is -2.66. The van der Waals surface area contributed by atoms with E-state index in [4.69, 9.17) is 4.74 Å². The van der Waals surface area contributed by atoms with Crippen LogP contribution >= 0.6 is 0 Å². The zero-order valence-electron chi connectivity index (χ0n) is 28.4. The topological polar surface area (TPSA) is 75.6 Å². The minimum atomic E-state index is -0.349.